The van der Waals surface area contributed by atoms with Crippen LogP contribution in [-0.4, -0.2) is 31.2 Å². The van der Waals surface area contributed by atoms with E-state index in [0.29, 0.717) is 36.1 Å². The van der Waals surface area contributed by atoms with Crippen LogP contribution in [0.4, 0.5) is 0 Å². The molecule has 2 bridgehead atoms. The van der Waals surface area contributed by atoms with Crippen LogP contribution in [0.25, 0.3) is 0 Å². The molecule has 0 radical (unpaired) electrons. The highest BCUT2D eigenvalue weighted by atomic mass is 35.5. The van der Waals surface area contributed by atoms with Gasteiger partial charge >= 0.3 is 0 Å². The average molecular weight is 377 g/mol. The molecule has 2 atom stereocenters. The van der Waals surface area contributed by atoms with Crippen LogP contribution in [0.5, 0.6) is 0 Å². The smallest absolute Gasteiger partial charge is 0.231 e. The van der Waals surface area contributed by atoms with Crippen molar-refractivity contribution >= 4 is 17.5 Å². The average Bonchev–Trinajstić information content (AvgIpc) is 2.63. The molecule has 4 nitrogen and oxygen atoms in total. The van der Waals surface area contributed by atoms with Gasteiger partial charge in [-0.25, -0.2) is 0 Å². The fourth-order valence-corrected chi connectivity index (χ4v) is 5.58. The van der Waals surface area contributed by atoms with Crippen LogP contribution in [0.3, 0.4) is 0 Å². The Morgan fingerprint density at radius 3 is 2.35 bits per heavy atom. The number of halogens is 1. The maximum absolute atomic E-state index is 13.6. The zero-order chi connectivity index (χ0) is 18.1. The van der Waals surface area contributed by atoms with Crippen molar-refractivity contribution in [2.45, 2.75) is 62.4 Å². The SMILES string of the molecule is NC1CC2CCCC(C1)C2NC(=O)C1(c2ccc(Cl)cc2)CCOCC1. The standard InChI is InChI=1S/C21H29ClN2O2/c22-17-6-4-16(5-7-17)21(8-10-26-11-9-21)20(25)24-19-14-2-1-3-15(19)13-18(23)12-14/h4-7,14-15,18-19H,1-3,8-13,23H2,(H,24,25). The van der Waals surface area contributed by atoms with Crippen molar-refractivity contribution in [3.05, 3.63) is 34.9 Å². The maximum Gasteiger partial charge on any atom is 0.231 e. The van der Waals surface area contributed by atoms with Crippen molar-refractivity contribution in [3.63, 3.8) is 0 Å². The molecular weight excluding hydrogens is 348 g/mol. The summed E-state index contributed by atoms with van der Waals surface area (Å²) in [4.78, 5) is 13.6. The molecule has 4 rings (SSSR count). The Labute approximate surface area is 160 Å². The molecule has 1 aromatic rings. The molecule has 1 aromatic carbocycles. The van der Waals surface area contributed by atoms with Crippen molar-refractivity contribution < 1.29 is 9.53 Å². The molecule has 1 aliphatic heterocycles. The topological polar surface area (TPSA) is 64.3 Å². The van der Waals surface area contributed by atoms with Crippen LogP contribution < -0.4 is 11.1 Å². The summed E-state index contributed by atoms with van der Waals surface area (Å²) in [7, 11) is 0. The second kappa shape index (κ2) is 7.49. The zero-order valence-electron chi connectivity index (χ0n) is 15.3. The van der Waals surface area contributed by atoms with E-state index in [4.69, 9.17) is 22.1 Å². The number of hydrogen-bond donors (Lipinski definition) is 2. The Hall–Kier alpha value is -1.10. The van der Waals surface area contributed by atoms with E-state index in [-0.39, 0.29) is 11.9 Å². The molecular formula is C21H29ClN2O2. The predicted octanol–water partition coefficient (Wildman–Crippen LogP) is 3.41. The number of hydrogen-bond acceptors (Lipinski definition) is 3. The molecule has 1 heterocycles. The molecule has 1 saturated heterocycles. The fourth-order valence-electron chi connectivity index (χ4n) is 5.45. The number of amides is 1. The van der Waals surface area contributed by atoms with Crippen LogP contribution in [0.1, 0.15) is 50.5 Å². The number of carbonyl (C=O) groups excluding carboxylic acids is 1. The Morgan fingerprint density at radius 1 is 1.12 bits per heavy atom. The van der Waals surface area contributed by atoms with Gasteiger partial charge in [-0.05, 0) is 68.1 Å². The first-order valence-electron chi connectivity index (χ1n) is 9.99. The molecule has 2 unspecified atom stereocenters. The van der Waals surface area contributed by atoms with E-state index in [1.807, 2.05) is 24.3 Å². The lowest BCUT2D eigenvalue weighted by molar-refractivity contribution is -0.133. The first kappa shape index (κ1) is 18.3. The number of nitrogens with two attached hydrogens (primary N) is 1. The summed E-state index contributed by atoms with van der Waals surface area (Å²) >= 11 is 6.07. The van der Waals surface area contributed by atoms with Gasteiger partial charge in [-0.1, -0.05) is 30.2 Å². The number of benzene rings is 1. The van der Waals surface area contributed by atoms with Gasteiger partial charge in [-0.3, -0.25) is 4.79 Å². The number of carbonyl (C=O) groups is 1. The monoisotopic (exact) mass is 376 g/mol. The Balaban J connectivity index is 1.58. The second-order valence-electron chi connectivity index (χ2n) is 8.38. The van der Waals surface area contributed by atoms with Gasteiger partial charge in [0.25, 0.3) is 0 Å². The van der Waals surface area contributed by atoms with E-state index < -0.39 is 5.41 Å². The third kappa shape index (κ3) is 3.39. The van der Waals surface area contributed by atoms with Gasteiger partial charge in [0.05, 0.1) is 5.41 Å². The van der Waals surface area contributed by atoms with E-state index in [0.717, 1.165) is 31.2 Å². The summed E-state index contributed by atoms with van der Waals surface area (Å²) in [5.74, 6) is 1.23. The minimum Gasteiger partial charge on any atom is -0.381 e. The van der Waals surface area contributed by atoms with Crippen molar-refractivity contribution in [3.8, 4) is 0 Å². The van der Waals surface area contributed by atoms with Crippen molar-refractivity contribution in [1.29, 1.82) is 0 Å². The minimum absolute atomic E-state index is 0.167. The first-order chi connectivity index (χ1) is 12.6. The van der Waals surface area contributed by atoms with Crippen molar-refractivity contribution in [2.75, 3.05) is 13.2 Å². The van der Waals surface area contributed by atoms with Gasteiger partial charge in [-0.2, -0.15) is 0 Å². The van der Waals surface area contributed by atoms with Crippen LogP contribution in [0.15, 0.2) is 24.3 Å². The lowest BCUT2D eigenvalue weighted by Crippen LogP contribution is -2.58. The molecule has 3 fully saturated rings. The Morgan fingerprint density at radius 2 is 1.73 bits per heavy atom. The van der Waals surface area contributed by atoms with Crippen LogP contribution in [0, 0.1) is 11.8 Å². The molecule has 2 saturated carbocycles. The molecule has 3 N–H and O–H groups in total. The quantitative estimate of drug-likeness (QED) is 0.849. The summed E-state index contributed by atoms with van der Waals surface area (Å²) in [6.07, 6.45) is 7.17. The molecule has 26 heavy (non-hydrogen) atoms. The molecule has 0 aromatic heterocycles. The number of rotatable bonds is 3. The normalized spacial score (nSPS) is 33.5. The van der Waals surface area contributed by atoms with Gasteiger partial charge in [0.15, 0.2) is 0 Å². The highest BCUT2D eigenvalue weighted by molar-refractivity contribution is 6.30. The molecule has 0 spiro atoms. The van der Waals surface area contributed by atoms with E-state index in [1.54, 1.807) is 0 Å². The maximum atomic E-state index is 13.6. The third-order valence-electron chi connectivity index (χ3n) is 6.85. The Kier molecular flexibility index (Phi) is 5.27. The van der Waals surface area contributed by atoms with Gasteiger partial charge in [0.1, 0.15) is 0 Å². The predicted molar refractivity (Wildman–Crippen MR) is 103 cm³/mol. The minimum atomic E-state index is -0.503. The van der Waals surface area contributed by atoms with Crippen LogP contribution >= 0.6 is 11.6 Å². The van der Waals surface area contributed by atoms with Gasteiger partial charge in [0, 0.05) is 30.3 Å². The first-order valence-corrected chi connectivity index (χ1v) is 10.4. The molecule has 5 heteroatoms. The van der Waals surface area contributed by atoms with E-state index in [9.17, 15) is 4.79 Å². The molecule has 3 aliphatic rings. The van der Waals surface area contributed by atoms with Crippen molar-refractivity contribution in [2.24, 2.45) is 17.6 Å². The second-order valence-corrected chi connectivity index (χ2v) is 8.82. The van der Waals surface area contributed by atoms with E-state index in [2.05, 4.69) is 5.32 Å². The lowest BCUT2D eigenvalue weighted by Gasteiger charge is -2.47. The summed E-state index contributed by atoms with van der Waals surface area (Å²) in [6, 6.07) is 8.36. The van der Waals surface area contributed by atoms with Crippen LogP contribution in [0.2, 0.25) is 5.02 Å². The number of nitrogens with one attached hydrogen (secondary N) is 1. The summed E-state index contributed by atoms with van der Waals surface area (Å²) in [5, 5.41) is 4.18. The fraction of sp³-hybridized carbons (Fsp3) is 0.667. The van der Waals surface area contributed by atoms with Gasteiger partial charge < -0.3 is 15.8 Å². The van der Waals surface area contributed by atoms with E-state index >= 15 is 0 Å². The van der Waals surface area contributed by atoms with Gasteiger partial charge in [-0.15, -0.1) is 0 Å². The summed E-state index contributed by atoms with van der Waals surface area (Å²) in [5.41, 5.74) is 6.80. The molecule has 2 aliphatic carbocycles. The number of fused-ring (bicyclic) bond motifs is 2. The molecule has 1 amide bonds. The summed E-state index contributed by atoms with van der Waals surface area (Å²) in [6.45, 7) is 1.25. The Bertz CT molecular complexity index is 628. The van der Waals surface area contributed by atoms with Crippen LogP contribution in [-0.2, 0) is 14.9 Å². The van der Waals surface area contributed by atoms with E-state index in [1.165, 1.54) is 19.3 Å². The lowest BCUT2D eigenvalue weighted by atomic mass is 9.66. The van der Waals surface area contributed by atoms with Gasteiger partial charge in [0.2, 0.25) is 5.91 Å². The zero-order valence-corrected chi connectivity index (χ0v) is 16.0. The highest BCUT2D eigenvalue weighted by Crippen LogP contribution is 2.41. The number of ether oxygens (including phenoxy) is 1. The summed E-state index contributed by atoms with van der Waals surface area (Å²) < 4.78 is 5.58. The highest BCUT2D eigenvalue weighted by Gasteiger charge is 2.46. The molecule has 142 valence electrons. The largest absolute Gasteiger partial charge is 0.381 e. The third-order valence-corrected chi connectivity index (χ3v) is 7.10. The van der Waals surface area contributed by atoms with Crippen molar-refractivity contribution in [1.82, 2.24) is 5.32 Å².